The zero-order chi connectivity index (χ0) is 15.3. The molecule has 0 saturated carbocycles. The molecule has 0 radical (unpaired) electrons. The van der Waals surface area contributed by atoms with E-state index in [2.05, 4.69) is 5.32 Å². The number of quaternary nitrogens is 1. The molecule has 5 nitrogen and oxygen atoms in total. The summed E-state index contributed by atoms with van der Waals surface area (Å²) in [6.45, 7) is 4.71. The SMILES string of the molecule is CNC(=O)[C@@H](C)[NH+](C)Cc1cc(OC)c(OC)cc1C. The van der Waals surface area contributed by atoms with Gasteiger partial charge in [0.15, 0.2) is 17.5 Å². The van der Waals surface area contributed by atoms with Crippen LogP contribution in [0.5, 0.6) is 11.5 Å². The first-order chi connectivity index (χ1) is 9.44. The van der Waals surface area contributed by atoms with E-state index in [1.165, 1.54) is 0 Å². The zero-order valence-corrected chi connectivity index (χ0v) is 13.2. The molecule has 0 aromatic heterocycles. The highest BCUT2D eigenvalue weighted by Gasteiger charge is 2.21. The van der Waals surface area contributed by atoms with E-state index < -0.39 is 0 Å². The smallest absolute Gasteiger partial charge is 0.277 e. The van der Waals surface area contributed by atoms with Gasteiger partial charge in [0.05, 0.1) is 21.3 Å². The molecule has 2 N–H and O–H groups in total. The van der Waals surface area contributed by atoms with Crippen molar-refractivity contribution in [3.63, 3.8) is 0 Å². The van der Waals surface area contributed by atoms with Crippen LogP contribution in [0.15, 0.2) is 12.1 Å². The molecule has 0 bridgehead atoms. The van der Waals surface area contributed by atoms with Gasteiger partial charge >= 0.3 is 0 Å². The van der Waals surface area contributed by atoms with Gasteiger partial charge in [-0.05, 0) is 31.5 Å². The molecule has 0 saturated heterocycles. The Morgan fingerprint density at radius 2 is 1.85 bits per heavy atom. The Balaban J connectivity index is 2.95. The molecule has 1 unspecified atom stereocenters. The fourth-order valence-corrected chi connectivity index (χ4v) is 2.11. The number of amides is 1. The Bertz CT molecular complexity index is 474. The predicted molar refractivity (Wildman–Crippen MR) is 78.4 cm³/mol. The summed E-state index contributed by atoms with van der Waals surface area (Å²) in [5.41, 5.74) is 2.28. The molecule has 20 heavy (non-hydrogen) atoms. The van der Waals surface area contributed by atoms with E-state index in [0.717, 1.165) is 28.3 Å². The number of ether oxygens (including phenoxy) is 2. The van der Waals surface area contributed by atoms with Crippen molar-refractivity contribution in [3.8, 4) is 11.5 Å². The number of hydrogen-bond donors (Lipinski definition) is 2. The number of carbonyl (C=O) groups excluding carboxylic acids is 1. The Kier molecular flexibility index (Phi) is 5.82. The quantitative estimate of drug-likeness (QED) is 0.781. The largest absolute Gasteiger partial charge is 0.493 e. The molecule has 1 rings (SSSR count). The second kappa shape index (κ2) is 7.14. The van der Waals surface area contributed by atoms with Gasteiger partial charge in [0, 0.05) is 12.6 Å². The highest BCUT2D eigenvalue weighted by molar-refractivity contribution is 5.79. The lowest BCUT2D eigenvalue weighted by Crippen LogP contribution is -3.12. The minimum absolute atomic E-state index is 0.0422. The lowest BCUT2D eigenvalue weighted by atomic mass is 10.1. The van der Waals surface area contributed by atoms with Crippen LogP contribution in [-0.4, -0.2) is 40.3 Å². The average Bonchev–Trinajstić information content (AvgIpc) is 2.46. The maximum absolute atomic E-state index is 11.7. The van der Waals surface area contributed by atoms with Gasteiger partial charge in [-0.1, -0.05) is 0 Å². The highest BCUT2D eigenvalue weighted by atomic mass is 16.5. The lowest BCUT2D eigenvalue weighted by Gasteiger charge is -2.22. The van der Waals surface area contributed by atoms with Gasteiger partial charge in [-0.15, -0.1) is 0 Å². The maximum Gasteiger partial charge on any atom is 0.277 e. The van der Waals surface area contributed by atoms with Gasteiger partial charge in [-0.2, -0.15) is 0 Å². The van der Waals surface area contributed by atoms with Crippen LogP contribution in [0.2, 0.25) is 0 Å². The molecular weight excluding hydrogens is 256 g/mol. The monoisotopic (exact) mass is 281 g/mol. The number of likely N-dealkylation sites (N-methyl/N-ethyl adjacent to an activating group) is 2. The Morgan fingerprint density at radius 1 is 1.30 bits per heavy atom. The summed E-state index contributed by atoms with van der Waals surface area (Å²) in [4.78, 5) is 12.8. The summed E-state index contributed by atoms with van der Waals surface area (Å²) in [7, 11) is 6.92. The van der Waals surface area contributed by atoms with E-state index in [9.17, 15) is 4.79 Å². The summed E-state index contributed by atoms with van der Waals surface area (Å²) in [5, 5.41) is 2.68. The molecule has 1 aromatic carbocycles. The molecule has 1 amide bonds. The van der Waals surface area contributed by atoms with Crippen LogP contribution in [0.1, 0.15) is 18.1 Å². The molecular formula is C15H25N2O3+. The molecule has 0 heterocycles. The number of hydrogen-bond acceptors (Lipinski definition) is 3. The third-order valence-electron chi connectivity index (χ3n) is 3.69. The van der Waals surface area contributed by atoms with Crippen molar-refractivity contribution in [1.29, 1.82) is 0 Å². The maximum atomic E-state index is 11.7. The topological polar surface area (TPSA) is 52.0 Å². The van der Waals surface area contributed by atoms with Crippen LogP contribution in [-0.2, 0) is 11.3 Å². The van der Waals surface area contributed by atoms with Gasteiger partial charge in [0.2, 0.25) is 0 Å². The summed E-state index contributed by atoms with van der Waals surface area (Å²) >= 11 is 0. The number of rotatable bonds is 6. The van der Waals surface area contributed by atoms with Gasteiger partial charge in [-0.25, -0.2) is 0 Å². The van der Waals surface area contributed by atoms with Crippen LogP contribution in [0, 0.1) is 6.92 Å². The molecule has 0 aliphatic rings. The fraction of sp³-hybridized carbons (Fsp3) is 0.533. The van der Waals surface area contributed by atoms with E-state index in [1.54, 1.807) is 21.3 Å². The average molecular weight is 281 g/mol. The number of benzene rings is 1. The summed E-state index contributed by atoms with van der Waals surface area (Å²) < 4.78 is 10.6. The first-order valence-corrected chi connectivity index (χ1v) is 6.70. The van der Waals surface area contributed by atoms with Crippen molar-refractivity contribution in [3.05, 3.63) is 23.3 Å². The van der Waals surface area contributed by atoms with Gasteiger partial charge in [0.1, 0.15) is 6.54 Å². The first kappa shape index (κ1) is 16.3. The zero-order valence-electron chi connectivity index (χ0n) is 13.2. The summed E-state index contributed by atoms with van der Waals surface area (Å²) in [6.07, 6.45) is 0. The highest BCUT2D eigenvalue weighted by Crippen LogP contribution is 2.29. The van der Waals surface area contributed by atoms with Crippen molar-refractivity contribution in [1.82, 2.24) is 5.32 Å². The van der Waals surface area contributed by atoms with Gasteiger partial charge in [-0.3, -0.25) is 4.79 Å². The summed E-state index contributed by atoms with van der Waals surface area (Å²) in [5.74, 6) is 1.49. The molecule has 0 spiro atoms. The number of carbonyl (C=O) groups is 1. The molecule has 1 aromatic rings. The molecule has 0 fully saturated rings. The third-order valence-corrected chi connectivity index (χ3v) is 3.69. The Labute approximate surface area is 120 Å². The van der Waals surface area contributed by atoms with E-state index in [0.29, 0.717) is 5.75 Å². The second-order valence-corrected chi connectivity index (χ2v) is 4.99. The number of nitrogens with one attached hydrogen (secondary N) is 2. The van der Waals surface area contributed by atoms with E-state index in [4.69, 9.17) is 9.47 Å². The summed E-state index contributed by atoms with van der Waals surface area (Å²) in [6, 6.07) is 3.84. The van der Waals surface area contributed by atoms with Crippen LogP contribution in [0.3, 0.4) is 0 Å². The number of aryl methyl sites for hydroxylation is 1. The van der Waals surface area contributed by atoms with Crippen LogP contribution in [0.4, 0.5) is 0 Å². The standard InChI is InChI=1S/C15H24N2O3/c1-10-7-13(19-5)14(20-6)8-12(10)9-17(4)11(2)15(18)16-3/h7-8,11H,9H2,1-6H3,(H,16,18)/p+1/t11-/m1/s1. The fourth-order valence-electron chi connectivity index (χ4n) is 2.11. The van der Waals surface area contributed by atoms with Crippen molar-refractivity contribution < 1.29 is 19.2 Å². The predicted octanol–water partition coefficient (Wildman–Crippen LogP) is 0.161. The minimum atomic E-state index is -0.104. The third kappa shape index (κ3) is 3.63. The Hall–Kier alpha value is -1.75. The van der Waals surface area contributed by atoms with Crippen molar-refractivity contribution in [2.45, 2.75) is 26.4 Å². The Morgan fingerprint density at radius 3 is 2.35 bits per heavy atom. The minimum Gasteiger partial charge on any atom is -0.493 e. The lowest BCUT2D eigenvalue weighted by molar-refractivity contribution is -0.908. The second-order valence-electron chi connectivity index (χ2n) is 4.99. The normalized spacial score (nSPS) is 13.5. The van der Waals surface area contributed by atoms with Gasteiger partial charge in [0.25, 0.3) is 5.91 Å². The molecule has 0 aliphatic carbocycles. The molecule has 2 atom stereocenters. The molecule has 5 heteroatoms. The number of methoxy groups -OCH3 is 2. The van der Waals surface area contributed by atoms with Crippen LogP contribution >= 0.6 is 0 Å². The van der Waals surface area contributed by atoms with Crippen molar-refractivity contribution >= 4 is 5.91 Å². The van der Waals surface area contributed by atoms with E-state index >= 15 is 0 Å². The van der Waals surface area contributed by atoms with Crippen LogP contribution in [0.25, 0.3) is 0 Å². The van der Waals surface area contributed by atoms with Crippen molar-refractivity contribution in [2.75, 3.05) is 28.3 Å². The van der Waals surface area contributed by atoms with E-state index in [1.807, 2.05) is 33.0 Å². The van der Waals surface area contributed by atoms with Crippen molar-refractivity contribution in [2.24, 2.45) is 0 Å². The molecule has 0 aliphatic heterocycles. The van der Waals surface area contributed by atoms with E-state index in [-0.39, 0.29) is 11.9 Å². The van der Waals surface area contributed by atoms with Gasteiger partial charge < -0.3 is 19.7 Å². The van der Waals surface area contributed by atoms with Crippen LogP contribution < -0.4 is 19.7 Å². The first-order valence-electron chi connectivity index (χ1n) is 6.70. The molecule has 112 valence electrons.